The predicted molar refractivity (Wildman–Crippen MR) is 128 cm³/mol. The highest BCUT2D eigenvalue weighted by Crippen LogP contribution is 2.39. The van der Waals surface area contributed by atoms with Gasteiger partial charge in [0.25, 0.3) is 5.91 Å². The summed E-state index contributed by atoms with van der Waals surface area (Å²) in [5.41, 5.74) is 3.32. The van der Waals surface area contributed by atoms with Crippen molar-refractivity contribution in [2.24, 2.45) is 5.92 Å². The van der Waals surface area contributed by atoms with Gasteiger partial charge in [0, 0.05) is 13.7 Å². The summed E-state index contributed by atoms with van der Waals surface area (Å²) in [7, 11) is 1.59. The van der Waals surface area contributed by atoms with E-state index < -0.39 is 6.04 Å². The van der Waals surface area contributed by atoms with E-state index in [2.05, 4.69) is 13.8 Å². The van der Waals surface area contributed by atoms with Crippen molar-refractivity contribution in [3.05, 3.63) is 74.6 Å². The van der Waals surface area contributed by atoms with E-state index in [0.717, 1.165) is 28.9 Å². The highest BCUT2D eigenvalue weighted by Gasteiger charge is 2.42. The van der Waals surface area contributed by atoms with Crippen LogP contribution in [0, 0.1) is 19.8 Å². The monoisotopic (exact) mass is 449 g/mol. The van der Waals surface area contributed by atoms with Crippen molar-refractivity contribution in [3.8, 4) is 5.75 Å². The van der Waals surface area contributed by atoms with Crippen LogP contribution in [0.15, 0.2) is 45.6 Å². The van der Waals surface area contributed by atoms with Gasteiger partial charge < -0.3 is 18.8 Å². The average molecular weight is 450 g/mol. The van der Waals surface area contributed by atoms with Gasteiger partial charge in [0.1, 0.15) is 11.3 Å². The van der Waals surface area contributed by atoms with E-state index in [1.165, 1.54) is 0 Å². The summed E-state index contributed by atoms with van der Waals surface area (Å²) in [6, 6.07) is 10.9. The van der Waals surface area contributed by atoms with Gasteiger partial charge in [-0.05, 0) is 61.1 Å². The molecule has 1 amide bonds. The van der Waals surface area contributed by atoms with Crippen LogP contribution in [-0.2, 0) is 4.74 Å². The summed E-state index contributed by atoms with van der Waals surface area (Å²) < 4.78 is 17.3. The Balaban J connectivity index is 1.84. The molecule has 6 nitrogen and oxygen atoms in total. The maximum absolute atomic E-state index is 13.7. The third kappa shape index (κ3) is 4.40. The molecule has 174 valence electrons. The molecule has 1 unspecified atom stereocenters. The molecule has 0 saturated carbocycles. The molecule has 0 N–H and O–H groups in total. The standard InChI is InChI=1S/C27H31NO5/c1-16(2)9-11-32-20-8-6-7-19(15-20)23-22-24(29)21-14-17(3)13-18(4)25(21)33-26(22)27(30)28(23)10-12-31-5/h6-8,13-16,23H,9-12H2,1-5H3. The summed E-state index contributed by atoms with van der Waals surface area (Å²) in [6.45, 7) is 9.46. The molecule has 1 atom stereocenters. The minimum absolute atomic E-state index is 0.117. The minimum Gasteiger partial charge on any atom is -0.494 e. The molecule has 0 saturated heterocycles. The first-order valence-electron chi connectivity index (χ1n) is 11.4. The van der Waals surface area contributed by atoms with Crippen molar-refractivity contribution >= 4 is 16.9 Å². The third-order valence-electron chi connectivity index (χ3n) is 6.07. The molecule has 1 aromatic heterocycles. The maximum atomic E-state index is 13.7. The first-order chi connectivity index (χ1) is 15.8. The number of carbonyl (C=O) groups is 1. The lowest BCUT2D eigenvalue weighted by Gasteiger charge is -2.25. The quantitative estimate of drug-likeness (QED) is 0.483. The SMILES string of the molecule is COCCN1C(=O)c2oc3c(C)cc(C)cc3c(=O)c2C1c1cccc(OCCC(C)C)c1. The zero-order valence-electron chi connectivity index (χ0n) is 19.9. The smallest absolute Gasteiger partial charge is 0.290 e. The number of benzene rings is 2. The van der Waals surface area contributed by atoms with Gasteiger partial charge in [0.2, 0.25) is 5.76 Å². The Morgan fingerprint density at radius 3 is 2.61 bits per heavy atom. The van der Waals surface area contributed by atoms with Crippen LogP contribution >= 0.6 is 0 Å². The Labute approximate surface area is 194 Å². The highest BCUT2D eigenvalue weighted by molar-refractivity contribution is 5.99. The zero-order valence-corrected chi connectivity index (χ0v) is 19.9. The Morgan fingerprint density at radius 2 is 1.88 bits per heavy atom. The molecule has 3 aromatic rings. The van der Waals surface area contributed by atoms with E-state index in [4.69, 9.17) is 13.9 Å². The van der Waals surface area contributed by atoms with E-state index in [0.29, 0.717) is 42.2 Å². The fourth-order valence-corrected chi connectivity index (χ4v) is 4.43. The van der Waals surface area contributed by atoms with Crippen LogP contribution in [-0.4, -0.2) is 37.7 Å². The lowest BCUT2D eigenvalue weighted by atomic mass is 9.97. The number of ether oxygens (including phenoxy) is 2. The Morgan fingerprint density at radius 1 is 1.09 bits per heavy atom. The van der Waals surface area contributed by atoms with Gasteiger partial charge in [-0.15, -0.1) is 0 Å². The van der Waals surface area contributed by atoms with Crippen molar-refractivity contribution in [3.63, 3.8) is 0 Å². The van der Waals surface area contributed by atoms with Crippen molar-refractivity contribution in [1.82, 2.24) is 4.90 Å². The van der Waals surface area contributed by atoms with Crippen molar-refractivity contribution in [1.29, 1.82) is 0 Å². The Bertz CT molecular complexity index is 1240. The summed E-state index contributed by atoms with van der Waals surface area (Å²) in [5, 5.41) is 0.502. The van der Waals surface area contributed by atoms with Crippen molar-refractivity contribution in [2.45, 2.75) is 40.2 Å². The van der Waals surface area contributed by atoms with Gasteiger partial charge >= 0.3 is 0 Å². The molecule has 0 bridgehead atoms. The summed E-state index contributed by atoms with van der Waals surface area (Å²) in [5.74, 6) is 1.09. The number of nitrogens with zero attached hydrogens (tertiary/aromatic N) is 1. The first-order valence-corrected chi connectivity index (χ1v) is 11.4. The highest BCUT2D eigenvalue weighted by atomic mass is 16.5. The summed E-state index contributed by atoms with van der Waals surface area (Å²) in [4.78, 5) is 28.8. The van der Waals surface area contributed by atoms with Crippen LogP contribution < -0.4 is 10.2 Å². The average Bonchev–Trinajstić information content (AvgIpc) is 3.05. The normalized spacial score (nSPS) is 15.5. The molecule has 2 heterocycles. The Hall–Kier alpha value is -3.12. The van der Waals surface area contributed by atoms with Crippen LogP contribution in [0.2, 0.25) is 0 Å². The molecule has 0 spiro atoms. The molecular weight excluding hydrogens is 418 g/mol. The molecule has 2 aromatic carbocycles. The second-order valence-electron chi connectivity index (χ2n) is 9.13. The summed E-state index contributed by atoms with van der Waals surface area (Å²) in [6.07, 6.45) is 0.948. The van der Waals surface area contributed by atoms with E-state index in [-0.39, 0.29) is 17.1 Å². The third-order valence-corrected chi connectivity index (χ3v) is 6.07. The number of methoxy groups -OCH3 is 1. The molecular formula is C27H31NO5. The summed E-state index contributed by atoms with van der Waals surface area (Å²) >= 11 is 0. The van der Waals surface area contributed by atoms with Gasteiger partial charge in [-0.25, -0.2) is 0 Å². The first kappa shape index (κ1) is 23.1. The molecule has 4 rings (SSSR count). The van der Waals surface area contributed by atoms with Gasteiger partial charge in [-0.1, -0.05) is 32.0 Å². The number of fused-ring (bicyclic) bond motifs is 2. The zero-order chi connectivity index (χ0) is 23.7. The number of hydrogen-bond donors (Lipinski definition) is 0. The van der Waals surface area contributed by atoms with Crippen LogP contribution in [0.25, 0.3) is 11.0 Å². The number of rotatable bonds is 8. The lowest BCUT2D eigenvalue weighted by molar-refractivity contribution is 0.0663. The topological polar surface area (TPSA) is 69.0 Å². The maximum Gasteiger partial charge on any atom is 0.290 e. The van der Waals surface area contributed by atoms with E-state index >= 15 is 0 Å². The minimum atomic E-state index is -0.558. The van der Waals surface area contributed by atoms with Crippen LogP contribution in [0.4, 0.5) is 0 Å². The number of amides is 1. The fourth-order valence-electron chi connectivity index (χ4n) is 4.43. The van der Waals surface area contributed by atoms with Crippen LogP contribution in [0.1, 0.15) is 59.1 Å². The molecule has 1 aliphatic rings. The second kappa shape index (κ2) is 9.40. The van der Waals surface area contributed by atoms with Crippen LogP contribution in [0.5, 0.6) is 5.75 Å². The van der Waals surface area contributed by atoms with E-state index in [9.17, 15) is 9.59 Å². The van der Waals surface area contributed by atoms with E-state index in [1.807, 2.05) is 50.2 Å². The Kier molecular flexibility index (Phi) is 6.56. The number of aryl methyl sites for hydroxylation is 2. The largest absolute Gasteiger partial charge is 0.494 e. The molecule has 33 heavy (non-hydrogen) atoms. The van der Waals surface area contributed by atoms with Gasteiger partial charge in [0.05, 0.1) is 30.2 Å². The van der Waals surface area contributed by atoms with Crippen LogP contribution in [0.3, 0.4) is 0 Å². The lowest BCUT2D eigenvalue weighted by Crippen LogP contribution is -2.32. The molecule has 0 aliphatic carbocycles. The number of carbonyl (C=O) groups excluding carboxylic acids is 1. The van der Waals surface area contributed by atoms with Crippen molar-refractivity contribution in [2.75, 3.05) is 26.9 Å². The second-order valence-corrected chi connectivity index (χ2v) is 9.13. The molecule has 0 radical (unpaired) electrons. The molecule has 0 fully saturated rings. The fraction of sp³-hybridized carbons (Fsp3) is 0.407. The van der Waals surface area contributed by atoms with Gasteiger partial charge in [0.15, 0.2) is 5.43 Å². The van der Waals surface area contributed by atoms with E-state index in [1.54, 1.807) is 12.0 Å². The molecule has 6 heteroatoms. The predicted octanol–water partition coefficient (Wildman–Crippen LogP) is 5.03. The number of hydrogen-bond acceptors (Lipinski definition) is 5. The van der Waals surface area contributed by atoms with Gasteiger partial charge in [-0.3, -0.25) is 9.59 Å². The molecule has 1 aliphatic heterocycles. The van der Waals surface area contributed by atoms with Crippen molar-refractivity contribution < 1.29 is 18.7 Å². The van der Waals surface area contributed by atoms with Gasteiger partial charge in [-0.2, -0.15) is 0 Å².